The fourth-order valence-electron chi connectivity index (χ4n) is 2.88. The highest BCUT2D eigenvalue weighted by atomic mass is 35.5. The zero-order valence-electron chi connectivity index (χ0n) is 12.6. The average Bonchev–Trinajstić information content (AvgIpc) is 2.83. The van der Waals surface area contributed by atoms with Crippen molar-refractivity contribution in [2.75, 3.05) is 27.2 Å². The zero-order valence-corrected chi connectivity index (χ0v) is 14.2. The first-order chi connectivity index (χ1) is 10.5. The molecule has 22 heavy (non-hydrogen) atoms. The molecule has 1 aliphatic rings. The standard InChI is InChI=1S/C16H18ClFN2OS/c1-19-7-5-11(6-8-19)20(2)16(21)15-14(17)12-4-3-10(18)9-13(12)22-15/h3-4,9,11H,5-8H2,1-2H3. The number of hydrogen-bond donors (Lipinski definition) is 0. The van der Waals surface area contributed by atoms with E-state index < -0.39 is 0 Å². The summed E-state index contributed by atoms with van der Waals surface area (Å²) in [6, 6.07) is 4.67. The van der Waals surface area contributed by atoms with E-state index in [4.69, 9.17) is 11.6 Å². The molecule has 118 valence electrons. The number of fused-ring (bicyclic) bond motifs is 1. The molecule has 1 amide bonds. The van der Waals surface area contributed by atoms with Gasteiger partial charge in [-0.05, 0) is 51.2 Å². The highest BCUT2D eigenvalue weighted by molar-refractivity contribution is 7.21. The van der Waals surface area contributed by atoms with E-state index in [-0.39, 0.29) is 17.8 Å². The number of benzene rings is 1. The van der Waals surface area contributed by atoms with Crippen LogP contribution in [0.5, 0.6) is 0 Å². The number of hydrogen-bond acceptors (Lipinski definition) is 3. The van der Waals surface area contributed by atoms with Crippen LogP contribution >= 0.6 is 22.9 Å². The van der Waals surface area contributed by atoms with Gasteiger partial charge in [0.1, 0.15) is 10.7 Å². The first kappa shape index (κ1) is 15.7. The van der Waals surface area contributed by atoms with Crippen LogP contribution in [0.4, 0.5) is 4.39 Å². The predicted octanol–water partition coefficient (Wildman–Crippen LogP) is 3.86. The maximum absolute atomic E-state index is 13.3. The molecular formula is C16H18ClFN2OS. The van der Waals surface area contributed by atoms with Crippen LogP contribution in [0.15, 0.2) is 18.2 Å². The zero-order chi connectivity index (χ0) is 15.9. The van der Waals surface area contributed by atoms with Crippen LogP contribution < -0.4 is 0 Å². The van der Waals surface area contributed by atoms with E-state index in [1.165, 1.54) is 23.5 Å². The number of rotatable bonds is 2. The molecule has 0 spiro atoms. The van der Waals surface area contributed by atoms with Gasteiger partial charge in [-0.25, -0.2) is 4.39 Å². The summed E-state index contributed by atoms with van der Waals surface area (Å²) < 4.78 is 14.0. The highest BCUT2D eigenvalue weighted by Crippen LogP contribution is 2.36. The van der Waals surface area contributed by atoms with Crippen LogP contribution in [0.1, 0.15) is 22.5 Å². The summed E-state index contributed by atoms with van der Waals surface area (Å²) in [5.74, 6) is -0.380. The molecule has 3 rings (SSSR count). The first-order valence-corrected chi connectivity index (χ1v) is 8.50. The number of piperidine rings is 1. The Kier molecular flexibility index (Phi) is 4.39. The van der Waals surface area contributed by atoms with E-state index in [1.807, 2.05) is 7.05 Å². The summed E-state index contributed by atoms with van der Waals surface area (Å²) in [5, 5.41) is 1.18. The third-order valence-electron chi connectivity index (χ3n) is 4.34. The first-order valence-electron chi connectivity index (χ1n) is 7.30. The van der Waals surface area contributed by atoms with Crippen molar-refractivity contribution in [3.63, 3.8) is 0 Å². The van der Waals surface area contributed by atoms with E-state index in [0.717, 1.165) is 31.3 Å². The van der Waals surface area contributed by atoms with Gasteiger partial charge >= 0.3 is 0 Å². The molecule has 1 saturated heterocycles. The molecule has 0 saturated carbocycles. The molecule has 0 aliphatic carbocycles. The summed E-state index contributed by atoms with van der Waals surface area (Å²) in [6.07, 6.45) is 1.94. The summed E-state index contributed by atoms with van der Waals surface area (Å²) >= 11 is 7.61. The minimum atomic E-state index is -0.312. The third-order valence-corrected chi connectivity index (χ3v) is 5.99. The van der Waals surface area contributed by atoms with Gasteiger partial charge in [0.05, 0.1) is 5.02 Å². The number of nitrogens with zero attached hydrogens (tertiary/aromatic N) is 2. The Morgan fingerprint density at radius 1 is 1.41 bits per heavy atom. The number of carbonyl (C=O) groups is 1. The molecule has 1 fully saturated rings. The van der Waals surface area contributed by atoms with Crippen molar-refractivity contribution < 1.29 is 9.18 Å². The quantitative estimate of drug-likeness (QED) is 0.828. The molecule has 1 aromatic carbocycles. The van der Waals surface area contributed by atoms with Crippen LogP contribution in [0.25, 0.3) is 10.1 Å². The van der Waals surface area contributed by atoms with Gasteiger partial charge in [0.2, 0.25) is 0 Å². The SMILES string of the molecule is CN1CCC(N(C)C(=O)c2sc3cc(F)ccc3c2Cl)CC1. The largest absolute Gasteiger partial charge is 0.338 e. The van der Waals surface area contributed by atoms with Gasteiger partial charge in [0.25, 0.3) is 5.91 Å². The van der Waals surface area contributed by atoms with E-state index in [2.05, 4.69) is 11.9 Å². The molecule has 2 aromatic rings. The highest BCUT2D eigenvalue weighted by Gasteiger charge is 2.27. The monoisotopic (exact) mass is 340 g/mol. The number of halogens is 2. The second-order valence-electron chi connectivity index (χ2n) is 5.84. The summed E-state index contributed by atoms with van der Waals surface area (Å²) in [5.41, 5.74) is 0. The molecule has 0 atom stereocenters. The van der Waals surface area contributed by atoms with Crippen molar-refractivity contribution >= 4 is 38.9 Å². The van der Waals surface area contributed by atoms with Gasteiger partial charge in [-0.15, -0.1) is 11.3 Å². The number of likely N-dealkylation sites (tertiary alicyclic amines) is 1. The molecule has 0 bridgehead atoms. The van der Waals surface area contributed by atoms with Gasteiger partial charge in [-0.1, -0.05) is 11.6 Å². The Morgan fingerprint density at radius 3 is 2.77 bits per heavy atom. The minimum absolute atomic E-state index is 0.0684. The van der Waals surface area contributed by atoms with Crippen molar-refractivity contribution in [2.45, 2.75) is 18.9 Å². The van der Waals surface area contributed by atoms with Crippen molar-refractivity contribution in [3.05, 3.63) is 33.9 Å². The molecule has 0 radical (unpaired) electrons. The Hall–Kier alpha value is -1.17. The third kappa shape index (κ3) is 2.85. The second-order valence-corrected chi connectivity index (χ2v) is 7.27. The summed E-state index contributed by atoms with van der Waals surface area (Å²) in [4.78, 5) is 17.3. The molecule has 1 aromatic heterocycles. The van der Waals surface area contributed by atoms with Crippen LogP contribution in [-0.2, 0) is 0 Å². The average molecular weight is 341 g/mol. The van der Waals surface area contributed by atoms with Crippen LogP contribution in [-0.4, -0.2) is 48.9 Å². The fourth-order valence-corrected chi connectivity index (χ4v) is 4.40. The maximum atomic E-state index is 13.3. The van der Waals surface area contributed by atoms with Crippen molar-refractivity contribution in [2.24, 2.45) is 0 Å². The van der Waals surface area contributed by atoms with Crippen LogP contribution in [0.3, 0.4) is 0 Å². The molecule has 1 aliphatic heterocycles. The second kappa shape index (κ2) is 6.14. The predicted molar refractivity (Wildman–Crippen MR) is 89.4 cm³/mol. The number of carbonyl (C=O) groups excluding carboxylic acids is 1. The van der Waals surface area contributed by atoms with Crippen LogP contribution in [0, 0.1) is 5.82 Å². The molecular weight excluding hydrogens is 323 g/mol. The smallest absolute Gasteiger partial charge is 0.265 e. The number of amides is 1. The van der Waals surface area contributed by atoms with Crippen LogP contribution in [0.2, 0.25) is 5.02 Å². The lowest BCUT2D eigenvalue weighted by Crippen LogP contribution is -2.44. The van der Waals surface area contributed by atoms with Crippen molar-refractivity contribution in [3.8, 4) is 0 Å². The van der Waals surface area contributed by atoms with E-state index in [9.17, 15) is 9.18 Å². The molecule has 3 nitrogen and oxygen atoms in total. The Balaban J connectivity index is 1.87. The summed E-state index contributed by atoms with van der Waals surface area (Å²) in [7, 11) is 3.93. The Labute approximate surface area is 138 Å². The van der Waals surface area contributed by atoms with E-state index in [1.54, 1.807) is 11.0 Å². The Bertz CT molecular complexity index is 709. The molecule has 2 heterocycles. The normalized spacial score (nSPS) is 17.1. The van der Waals surface area contributed by atoms with Gasteiger partial charge in [0, 0.05) is 23.2 Å². The fraction of sp³-hybridized carbons (Fsp3) is 0.438. The molecule has 0 N–H and O–H groups in total. The Morgan fingerprint density at radius 2 is 2.09 bits per heavy atom. The van der Waals surface area contributed by atoms with E-state index >= 15 is 0 Å². The lowest BCUT2D eigenvalue weighted by molar-refractivity contribution is 0.0664. The van der Waals surface area contributed by atoms with E-state index in [0.29, 0.717) is 14.6 Å². The van der Waals surface area contributed by atoms with Gasteiger partial charge < -0.3 is 9.80 Å². The molecule has 0 unspecified atom stereocenters. The van der Waals surface area contributed by atoms with Crippen molar-refractivity contribution in [1.82, 2.24) is 9.80 Å². The lowest BCUT2D eigenvalue weighted by Gasteiger charge is -2.35. The van der Waals surface area contributed by atoms with Gasteiger partial charge in [-0.3, -0.25) is 4.79 Å². The number of thiophene rings is 1. The molecule has 6 heteroatoms. The summed E-state index contributed by atoms with van der Waals surface area (Å²) in [6.45, 7) is 1.99. The topological polar surface area (TPSA) is 23.6 Å². The lowest BCUT2D eigenvalue weighted by atomic mass is 10.0. The minimum Gasteiger partial charge on any atom is -0.338 e. The maximum Gasteiger partial charge on any atom is 0.265 e. The van der Waals surface area contributed by atoms with Gasteiger partial charge in [0.15, 0.2) is 0 Å². The van der Waals surface area contributed by atoms with Crippen molar-refractivity contribution in [1.29, 1.82) is 0 Å². The van der Waals surface area contributed by atoms with Gasteiger partial charge in [-0.2, -0.15) is 0 Å².